The van der Waals surface area contributed by atoms with Gasteiger partial charge in [0.25, 0.3) is 5.88 Å². The summed E-state index contributed by atoms with van der Waals surface area (Å²) in [4.78, 5) is 38.3. The van der Waals surface area contributed by atoms with E-state index in [0.29, 0.717) is 43.0 Å². The molecule has 332 valence electrons. The highest BCUT2D eigenvalue weighted by Crippen LogP contribution is 2.61. The van der Waals surface area contributed by atoms with Gasteiger partial charge in [0.05, 0.1) is 11.6 Å². The molecular weight excluding hydrogens is 809 g/mol. The van der Waals surface area contributed by atoms with E-state index in [9.17, 15) is 5.11 Å². The van der Waals surface area contributed by atoms with Crippen LogP contribution in [-0.2, 0) is 24.1 Å². The molecule has 0 saturated carbocycles. The monoisotopic (exact) mass is 870 g/mol. The standard InChI is InChI=1S/C51H62N4O7Si/c1-11-24-55(25-12-2)44-37-28-34-27-36-41(39(59-30-32-19-15-13-16-20-32)29-35-38(53(6)7)23-26-54(8)43(35)36)45(56)40(34)47(57)51(37,62-63(9,10)50(3,4)5)48(58)42-46(44)61-52-49(42)60-31-33-21-17-14-18-22-33/h11-22,29,34,37-38,44,57H,1-2,23-28,30-31H2,3-10H3/t34-,37-,38?,44-,51-/m0/s1. The fourth-order valence-electron chi connectivity index (χ4n) is 10.2. The molecular formula is C51H62N4O7Si. The third-order valence-corrected chi connectivity index (χ3v) is 18.6. The zero-order valence-electron chi connectivity index (χ0n) is 38.1. The van der Waals surface area contributed by atoms with Crippen molar-refractivity contribution in [2.24, 2.45) is 11.8 Å². The summed E-state index contributed by atoms with van der Waals surface area (Å²) in [6.07, 6.45) is 5.31. The fourth-order valence-corrected chi connectivity index (χ4v) is 11.6. The Kier molecular flexibility index (Phi) is 12.0. The van der Waals surface area contributed by atoms with Gasteiger partial charge < -0.3 is 33.3 Å². The largest absolute Gasteiger partial charge is 0.508 e. The van der Waals surface area contributed by atoms with Gasteiger partial charge in [-0.3, -0.25) is 14.5 Å². The molecule has 0 spiro atoms. The second-order valence-corrected chi connectivity index (χ2v) is 24.1. The van der Waals surface area contributed by atoms with Gasteiger partial charge in [-0.25, -0.2) is 0 Å². The molecule has 3 aromatic carbocycles. The van der Waals surface area contributed by atoms with E-state index in [1.165, 1.54) is 0 Å². The number of aliphatic hydroxyl groups excluding tert-OH is 1. The Balaban J connectivity index is 1.37. The first-order valence-corrected chi connectivity index (χ1v) is 25.0. The van der Waals surface area contributed by atoms with Crippen LogP contribution in [0.3, 0.4) is 0 Å². The van der Waals surface area contributed by atoms with Crippen molar-refractivity contribution in [3.8, 4) is 11.6 Å². The molecule has 0 radical (unpaired) electrons. The predicted octanol–water partition coefficient (Wildman–Crippen LogP) is 9.83. The van der Waals surface area contributed by atoms with E-state index in [-0.39, 0.29) is 52.9 Å². The first kappa shape index (κ1) is 44.3. The molecule has 1 aromatic heterocycles. The van der Waals surface area contributed by atoms with Crippen LogP contribution < -0.4 is 14.4 Å². The summed E-state index contributed by atoms with van der Waals surface area (Å²) in [7, 11) is 3.31. The highest BCUT2D eigenvalue weighted by Gasteiger charge is 2.67. The Bertz CT molecular complexity index is 2430. The van der Waals surface area contributed by atoms with Crippen LogP contribution in [0.25, 0.3) is 0 Å². The van der Waals surface area contributed by atoms with E-state index in [0.717, 1.165) is 40.9 Å². The number of aliphatic hydroxyl groups is 1. The minimum Gasteiger partial charge on any atom is -0.508 e. The van der Waals surface area contributed by atoms with Crippen LogP contribution in [-0.4, -0.2) is 86.3 Å². The lowest BCUT2D eigenvalue weighted by Crippen LogP contribution is -2.65. The Labute approximate surface area is 373 Å². The van der Waals surface area contributed by atoms with Gasteiger partial charge >= 0.3 is 0 Å². The molecule has 1 aliphatic heterocycles. The Morgan fingerprint density at radius 2 is 1.59 bits per heavy atom. The van der Waals surface area contributed by atoms with Crippen LogP contribution in [0.1, 0.15) is 94.4 Å². The number of ketones is 2. The minimum absolute atomic E-state index is 0.0135. The number of nitrogens with zero attached hydrogens (tertiary/aromatic N) is 4. The third kappa shape index (κ3) is 7.58. The van der Waals surface area contributed by atoms with Crippen molar-refractivity contribution in [3.63, 3.8) is 0 Å². The number of Topliss-reactive ketones (excluding diaryl/α,β-unsaturated/α-hetero) is 2. The summed E-state index contributed by atoms with van der Waals surface area (Å²) >= 11 is 0. The smallest absolute Gasteiger partial charge is 0.265 e. The highest BCUT2D eigenvalue weighted by molar-refractivity contribution is 6.74. The zero-order chi connectivity index (χ0) is 45.0. The second-order valence-electron chi connectivity index (χ2n) is 19.4. The number of fused-ring (bicyclic) bond motifs is 6. The van der Waals surface area contributed by atoms with Gasteiger partial charge in [-0.05, 0) is 90.9 Å². The lowest BCUT2D eigenvalue weighted by molar-refractivity contribution is -0.0524. The number of rotatable bonds is 14. The first-order chi connectivity index (χ1) is 30.0. The van der Waals surface area contributed by atoms with Crippen molar-refractivity contribution in [3.05, 3.63) is 143 Å². The lowest BCUT2D eigenvalue weighted by atomic mass is 9.58. The van der Waals surface area contributed by atoms with Crippen LogP contribution in [0.15, 0.2) is 108 Å². The molecule has 0 amide bonds. The van der Waals surface area contributed by atoms with Crippen LogP contribution in [0, 0.1) is 11.8 Å². The van der Waals surface area contributed by atoms with Gasteiger partial charge in [-0.1, -0.05) is 93.6 Å². The van der Waals surface area contributed by atoms with Gasteiger partial charge in [0, 0.05) is 49.9 Å². The van der Waals surface area contributed by atoms with E-state index in [1.807, 2.05) is 78.9 Å². The number of hydrogen-bond acceptors (Lipinski definition) is 11. The van der Waals surface area contributed by atoms with E-state index in [2.05, 4.69) is 88.0 Å². The van der Waals surface area contributed by atoms with Crippen molar-refractivity contribution < 1.29 is 33.1 Å². The van der Waals surface area contributed by atoms with Crippen molar-refractivity contribution in [2.75, 3.05) is 45.7 Å². The molecule has 4 aliphatic rings. The molecule has 63 heavy (non-hydrogen) atoms. The summed E-state index contributed by atoms with van der Waals surface area (Å²) in [6.45, 7) is 20.6. The van der Waals surface area contributed by atoms with Gasteiger partial charge in [0.15, 0.2) is 25.5 Å². The van der Waals surface area contributed by atoms with E-state index in [1.54, 1.807) is 0 Å². The Hall–Kier alpha value is -5.27. The predicted molar refractivity (Wildman–Crippen MR) is 248 cm³/mol. The summed E-state index contributed by atoms with van der Waals surface area (Å²) in [5.41, 5.74) is 3.62. The zero-order valence-corrected chi connectivity index (χ0v) is 39.1. The average molecular weight is 871 g/mol. The average Bonchev–Trinajstić information content (AvgIpc) is 3.67. The van der Waals surface area contributed by atoms with Gasteiger partial charge in [-0.2, -0.15) is 0 Å². The summed E-state index contributed by atoms with van der Waals surface area (Å²) in [5.74, 6) is -1.56. The number of ether oxygens (including phenoxy) is 2. The van der Waals surface area contributed by atoms with E-state index >= 15 is 9.59 Å². The van der Waals surface area contributed by atoms with Crippen molar-refractivity contribution in [1.29, 1.82) is 0 Å². The molecule has 8 rings (SSSR count). The van der Waals surface area contributed by atoms with Crippen molar-refractivity contribution in [2.45, 2.75) is 89.1 Å². The topological polar surface area (TPSA) is 118 Å². The molecule has 11 nitrogen and oxygen atoms in total. The highest BCUT2D eigenvalue weighted by atomic mass is 28.4. The summed E-state index contributed by atoms with van der Waals surface area (Å²) in [5, 5.41) is 17.4. The summed E-state index contributed by atoms with van der Waals surface area (Å²) < 4.78 is 26.7. The molecule has 4 aromatic rings. The maximum Gasteiger partial charge on any atom is 0.265 e. The number of carbonyl (C=O) groups is 2. The first-order valence-electron chi connectivity index (χ1n) is 22.1. The minimum atomic E-state index is -2.96. The molecule has 2 heterocycles. The SMILES string of the molecule is C=CCN(CC=C)[C@@H]1c2onc(OCc3ccccc3)c2C(=O)[C@@]2(O[Si](C)(C)C(C)(C)C)C(O)=C3C(=O)c4c(OCc5ccccc5)cc5c(c4C[C@H]3C[C@@H]12)N(C)CCC5N(C)C. The number of carbonyl (C=O) groups excluding carboxylic acids is 2. The van der Waals surface area contributed by atoms with Crippen LogP contribution in [0.5, 0.6) is 11.6 Å². The molecule has 1 N–H and O–H groups in total. The number of benzene rings is 3. The molecule has 0 bridgehead atoms. The normalized spacial score (nSPS) is 23.2. The van der Waals surface area contributed by atoms with Crippen molar-refractivity contribution in [1.82, 2.24) is 15.0 Å². The van der Waals surface area contributed by atoms with Crippen molar-refractivity contribution >= 4 is 25.6 Å². The van der Waals surface area contributed by atoms with E-state index in [4.69, 9.17) is 18.4 Å². The molecule has 3 aliphatic carbocycles. The second kappa shape index (κ2) is 17.0. The molecule has 0 saturated heterocycles. The maximum atomic E-state index is 16.0. The van der Waals surface area contributed by atoms with E-state index < -0.39 is 37.6 Å². The molecule has 0 fully saturated rings. The van der Waals surface area contributed by atoms with Gasteiger partial charge in [-0.15, -0.1) is 13.2 Å². The van der Waals surface area contributed by atoms with Crippen LogP contribution in [0.2, 0.25) is 18.1 Å². The quantitative estimate of drug-likeness (QED) is 0.0964. The molecule has 1 unspecified atom stereocenters. The number of anilines is 1. The Morgan fingerprint density at radius 3 is 2.17 bits per heavy atom. The number of hydrogen-bond donors (Lipinski definition) is 1. The Morgan fingerprint density at radius 1 is 0.968 bits per heavy atom. The maximum absolute atomic E-state index is 16.0. The molecule has 12 heteroatoms. The number of allylic oxidation sites excluding steroid dienone is 1. The third-order valence-electron chi connectivity index (χ3n) is 14.2. The van der Waals surface area contributed by atoms with Crippen LogP contribution in [0.4, 0.5) is 5.69 Å². The molecule has 5 atom stereocenters. The number of aromatic nitrogens is 1. The van der Waals surface area contributed by atoms with Crippen LogP contribution >= 0.6 is 0 Å². The lowest BCUT2D eigenvalue weighted by Gasteiger charge is -2.55. The summed E-state index contributed by atoms with van der Waals surface area (Å²) in [6, 6.07) is 21.0. The van der Waals surface area contributed by atoms with Gasteiger partial charge in [0.1, 0.15) is 30.3 Å². The fraction of sp³-hybridized carbons (Fsp3) is 0.431. The van der Waals surface area contributed by atoms with Gasteiger partial charge in [0.2, 0.25) is 5.78 Å².